The van der Waals surface area contributed by atoms with Crippen LogP contribution in [0.25, 0.3) is 0 Å². The quantitative estimate of drug-likeness (QED) is 0.526. The lowest BCUT2D eigenvalue weighted by atomic mass is 9.60. The highest BCUT2D eigenvalue weighted by Crippen LogP contribution is 2.44. The number of carbonyl (C=O) groups is 2. The molecule has 3 aliphatic rings. The van der Waals surface area contributed by atoms with Crippen LogP contribution in [-0.2, 0) is 9.59 Å². The van der Waals surface area contributed by atoms with Crippen LogP contribution in [-0.4, -0.2) is 57.0 Å². The molecule has 0 aromatic heterocycles. The van der Waals surface area contributed by atoms with Crippen LogP contribution in [0.3, 0.4) is 0 Å². The number of carbonyl (C=O) groups excluding carboxylic acids is 2. The first kappa shape index (κ1) is 26.2. The number of nitrogens with zero attached hydrogens (tertiary/aromatic N) is 1. The number of aliphatic hydroxyl groups excluding tert-OH is 2. The molecular weight excluding hydrogens is 436 g/mol. The van der Waals surface area contributed by atoms with Crippen molar-refractivity contribution in [2.45, 2.75) is 97.4 Å². The molecule has 33 heavy (non-hydrogen) atoms. The van der Waals surface area contributed by atoms with Gasteiger partial charge in [-0.15, -0.1) is 11.8 Å². The van der Waals surface area contributed by atoms with Crippen LogP contribution < -0.4 is 5.32 Å². The summed E-state index contributed by atoms with van der Waals surface area (Å²) in [4.78, 5) is 30.7. The fraction of sp³-hybridized carbons (Fsp3) is 0.731. The SMILES string of the molecule is CC1=NC(/C=C(\C)[C@@H]2C/C=C(/C)CCC[C@@H]3C[C@@](C)(C(=O)[C@H](C)[C@H]3O)[C@@H](O)CC(=O)N2)CS1. The van der Waals surface area contributed by atoms with Crippen molar-refractivity contribution in [2.75, 3.05) is 5.75 Å². The Hall–Kier alpha value is -1.44. The average Bonchev–Trinajstić information content (AvgIpc) is 3.16. The second-order valence-corrected chi connectivity index (χ2v) is 11.7. The van der Waals surface area contributed by atoms with E-state index in [9.17, 15) is 19.8 Å². The van der Waals surface area contributed by atoms with Crippen molar-refractivity contribution in [1.82, 2.24) is 5.32 Å². The molecule has 3 N–H and O–H groups in total. The van der Waals surface area contributed by atoms with Gasteiger partial charge in [0.15, 0.2) is 0 Å². The van der Waals surface area contributed by atoms with Crippen molar-refractivity contribution in [2.24, 2.45) is 22.2 Å². The third-order valence-electron chi connectivity index (χ3n) is 7.77. The Morgan fingerprint density at radius 1 is 1.30 bits per heavy atom. The number of allylic oxidation sites excluding steroid dienone is 1. The Morgan fingerprint density at radius 3 is 2.70 bits per heavy atom. The summed E-state index contributed by atoms with van der Waals surface area (Å²) in [5.41, 5.74) is 1.31. The predicted octanol–water partition coefficient (Wildman–Crippen LogP) is 3.81. The first-order valence-electron chi connectivity index (χ1n) is 12.2. The number of fused-ring (bicyclic) bond motifs is 2. The van der Waals surface area contributed by atoms with Gasteiger partial charge in [-0.2, -0.15) is 0 Å². The second-order valence-electron chi connectivity index (χ2n) is 10.5. The molecule has 1 fully saturated rings. The number of aliphatic imine (C=N–C) groups is 1. The number of Topliss-reactive ketones (excluding diaryl/α,β-unsaturated/α-hetero) is 1. The lowest BCUT2D eigenvalue weighted by Crippen LogP contribution is -2.54. The van der Waals surface area contributed by atoms with Gasteiger partial charge in [-0.3, -0.25) is 14.6 Å². The average molecular weight is 477 g/mol. The topological polar surface area (TPSA) is 99.0 Å². The van der Waals surface area contributed by atoms with E-state index in [4.69, 9.17) is 0 Å². The molecule has 2 bridgehead atoms. The molecular formula is C26H40N2O4S. The maximum Gasteiger partial charge on any atom is 0.223 e. The number of amides is 1. The van der Waals surface area contributed by atoms with Crippen molar-refractivity contribution in [3.63, 3.8) is 0 Å². The first-order valence-corrected chi connectivity index (χ1v) is 13.2. The Kier molecular flexibility index (Phi) is 8.62. The van der Waals surface area contributed by atoms with Crippen molar-refractivity contribution < 1.29 is 19.8 Å². The van der Waals surface area contributed by atoms with Crippen LogP contribution in [0.2, 0.25) is 0 Å². The summed E-state index contributed by atoms with van der Waals surface area (Å²) in [5.74, 6) is -0.0737. The highest BCUT2D eigenvalue weighted by atomic mass is 32.2. The predicted molar refractivity (Wildman–Crippen MR) is 134 cm³/mol. The van der Waals surface area contributed by atoms with Crippen LogP contribution in [0.5, 0.6) is 0 Å². The minimum absolute atomic E-state index is 0.0534. The highest BCUT2D eigenvalue weighted by molar-refractivity contribution is 8.14. The smallest absolute Gasteiger partial charge is 0.223 e. The van der Waals surface area contributed by atoms with Gasteiger partial charge in [0.1, 0.15) is 5.78 Å². The molecule has 184 valence electrons. The van der Waals surface area contributed by atoms with E-state index in [1.807, 2.05) is 13.8 Å². The van der Waals surface area contributed by atoms with Crippen LogP contribution in [0.4, 0.5) is 0 Å². The molecule has 2 aliphatic heterocycles. The minimum atomic E-state index is -1.08. The minimum Gasteiger partial charge on any atom is -0.392 e. The third-order valence-corrected chi connectivity index (χ3v) is 8.80. The van der Waals surface area contributed by atoms with E-state index in [-0.39, 0.29) is 36.1 Å². The zero-order chi connectivity index (χ0) is 24.3. The first-order chi connectivity index (χ1) is 15.5. The summed E-state index contributed by atoms with van der Waals surface area (Å²) in [6, 6.07) is -0.0497. The van der Waals surface area contributed by atoms with Gasteiger partial charge in [0.2, 0.25) is 5.91 Å². The summed E-state index contributed by atoms with van der Waals surface area (Å²) in [6.45, 7) is 9.67. The lowest BCUT2D eigenvalue weighted by Gasteiger charge is -2.45. The standard InChI is InChI=1S/C26H40N2O4S/c1-15-7-6-8-19-13-26(5,25(32)17(3)24(19)31)22(29)12-23(30)28-21(10-9-15)16(2)11-20-14-33-18(4)27-20/h9,11,17,19-22,24,29,31H,6-8,10,12-14H2,1-5H3,(H,28,30)/b15-9-,16-11+/t17-,19-,20?,21+,22+,24-,26-/m1/s1. The molecule has 7 heteroatoms. The number of thioether (sulfide) groups is 1. The summed E-state index contributed by atoms with van der Waals surface area (Å²) in [7, 11) is 0. The van der Waals surface area contributed by atoms with Crippen LogP contribution >= 0.6 is 11.8 Å². The molecule has 0 aromatic rings. The second kappa shape index (κ2) is 10.9. The number of hydrogen-bond donors (Lipinski definition) is 3. The number of hydrogen-bond acceptors (Lipinski definition) is 6. The molecule has 1 saturated carbocycles. The van der Waals surface area contributed by atoms with Gasteiger partial charge >= 0.3 is 0 Å². The van der Waals surface area contributed by atoms with Gasteiger partial charge in [0, 0.05) is 11.7 Å². The Balaban J connectivity index is 1.85. The molecule has 1 amide bonds. The van der Waals surface area contributed by atoms with Gasteiger partial charge in [-0.05, 0) is 58.8 Å². The van der Waals surface area contributed by atoms with Crippen molar-refractivity contribution in [3.8, 4) is 0 Å². The van der Waals surface area contributed by atoms with E-state index in [1.165, 1.54) is 5.57 Å². The Bertz CT molecular complexity index is 851. The Morgan fingerprint density at radius 2 is 2.03 bits per heavy atom. The zero-order valence-corrected chi connectivity index (χ0v) is 21.5. The van der Waals surface area contributed by atoms with E-state index < -0.39 is 23.5 Å². The molecule has 7 atom stereocenters. The molecule has 3 rings (SSSR count). The fourth-order valence-corrected chi connectivity index (χ4v) is 6.31. The molecule has 2 heterocycles. The molecule has 0 aromatic carbocycles. The van der Waals surface area contributed by atoms with Crippen LogP contribution in [0, 0.1) is 17.3 Å². The summed E-state index contributed by atoms with van der Waals surface area (Å²) in [5, 5.41) is 25.9. The van der Waals surface area contributed by atoms with E-state index in [1.54, 1.807) is 25.6 Å². The molecule has 0 spiro atoms. The van der Waals surface area contributed by atoms with E-state index in [0.29, 0.717) is 12.8 Å². The number of nitrogens with one attached hydrogen (secondary N) is 1. The summed E-state index contributed by atoms with van der Waals surface area (Å²) < 4.78 is 0. The molecule has 0 saturated heterocycles. The number of rotatable bonds is 2. The summed E-state index contributed by atoms with van der Waals surface area (Å²) >= 11 is 1.75. The van der Waals surface area contributed by atoms with Gasteiger partial charge in [-0.1, -0.05) is 37.1 Å². The van der Waals surface area contributed by atoms with Crippen molar-refractivity contribution in [3.05, 3.63) is 23.3 Å². The van der Waals surface area contributed by atoms with E-state index >= 15 is 0 Å². The van der Waals surface area contributed by atoms with Crippen molar-refractivity contribution in [1.29, 1.82) is 0 Å². The van der Waals surface area contributed by atoms with Crippen molar-refractivity contribution >= 4 is 28.5 Å². The molecule has 0 radical (unpaired) electrons. The molecule has 1 aliphatic carbocycles. The van der Waals surface area contributed by atoms with Gasteiger partial charge in [0.25, 0.3) is 0 Å². The molecule has 6 nitrogen and oxygen atoms in total. The zero-order valence-electron chi connectivity index (χ0n) is 20.6. The monoisotopic (exact) mass is 476 g/mol. The van der Waals surface area contributed by atoms with Crippen LogP contribution in [0.1, 0.15) is 73.1 Å². The number of ketones is 1. The highest BCUT2D eigenvalue weighted by Gasteiger charge is 2.51. The lowest BCUT2D eigenvalue weighted by molar-refractivity contribution is -0.156. The van der Waals surface area contributed by atoms with E-state index in [2.05, 4.69) is 29.4 Å². The molecule has 1 unspecified atom stereocenters. The van der Waals surface area contributed by atoms with E-state index in [0.717, 1.165) is 35.6 Å². The third kappa shape index (κ3) is 6.17. The normalized spacial score (nSPS) is 41.0. The number of aliphatic hydroxyl groups is 2. The maximum atomic E-state index is 13.1. The van der Waals surface area contributed by atoms with Gasteiger partial charge < -0.3 is 15.5 Å². The summed E-state index contributed by atoms with van der Waals surface area (Å²) in [6.07, 6.45) is 6.16. The fourth-order valence-electron chi connectivity index (χ4n) is 5.52. The van der Waals surface area contributed by atoms with Crippen LogP contribution in [0.15, 0.2) is 28.3 Å². The Labute approximate surface area is 202 Å². The maximum absolute atomic E-state index is 13.1. The largest absolute Gasteiger partial charge is 0.392 e. The van der Waals surface area contributed by atoms with Gasteiger partial charge in [0.05, 0.1) is 41.2 Å². The van der Waals surface area contributed by atoms with Gasteiger partial charge in [-0.25, -0.2) is 0 Å².